The maximum atomic E-state index is 9.95. The summed E-state index contributed by atoms with van der Waals surface area (Å²) in [6, 6.07) is 8.53. The van der Waals surface area contributed by atoms with Crippen LogP contribution in [-0.4, -0.2) is 24.4 Å². The average molecular weight is 250 g/mol. The summed E-state index contributed by atoms with van der Waals surface area (Å²) in [5, 5.41) is 9.95. The number of benzene rings is 1. The molecule has 0 heterocycles. The van der Waals surface area contributed by atoms with Crippen LogP contribution < -0.4 is 0 Å². The quantitative estimate of drug-likeness (QED) is 0.868. The zero-order chi connectivity index (χ0) is 13.8. The molecule has 0 fully saturated rings. The first-order valence-electron chi connectivity index (χ1n) is 6.63. The summed E-state index contributed by atoms with van der Waals surface area (Å²) in [6.45, 7) is 8.59. The van der Waals surface area contributed by atoms with Gasteiger partial charge >= 0.3 is 0 Å². The monoisotopic (exact) mass is 250 g/mol. The maximum Gasteiger partial charge on any atom is 0.0605 e. The fraction of sp³-hybridized carbons (Fsp3) is 0.625. The molecule has 0 saturated heterocycles. The Labute approximate surface area is 111 Å². The van der Waals surface area contributed by atoms with Crippen LogP contribution in [0.15, 0.2) is 24.3 Å². The molecule has 0 aliphatic carbocycles. The van der Waals surface area contributed by atoms with E-state index in [2.05, 4.69) is 45.0 Å². The van der Waals surface area contributed by atoms with Gasteiger partial charge in [0, 0.05) is 7.11 Å². The van der Waals surface area contributed by atoms with Crippen molar-refractivity contribution in [3.63, 3.8) is 0 Å². The largest absolute Gasteiger partial charge is 0.393 e. The van der Waals surface area contributed by atoms with Gasteiger partial charge in [0.15, 0.2) is 0 Å². The molecule has 2 atom stereocenters. The topological polar surface area (TPSA) is 29.5 Å². The van der Waals surface area contributed by atoms with Crippen molar-refractivity contribution in [1.29, 1.82) is 0 Å². The first-order valence-corrected chi connectivity index (χ1v) is 6.63. The summed E-state index contributed by atoms with van der Waals surface area (Å²) in [5.41, 5.74) is 2.69. The van der Waals surface area contributed by atoms with Gasteiger partial charge in [-0.15, -0.1) is 0 Å². The Balaban J connectivity index is 2.58. The zero-order valence-corrected chi connectivity index (χ0v) is 12.2. The molecule has 1 aromatic rings. The molecular formula is C16H26O2. The van der Waals surface area contributed by atoms with Crippen LogP contribution in [0.1, 0.15) is 45.2 Å². The van der Waals surface area contributed by atoms with E-state index in [9.17, 15) is 5.11 Å². The molecule has 1 N–H and O–H groups in total. The molecule has 0 aliphatic rings. The summed E-state index contributed by atoms with van der Waals surface area (Å²) in [6.07, 6.45) is 1.14. The van der Waals surface area contributed by atoms with Gasteiger partial charge in [0.2, 0.25) is 0 Å². The molecule has 0 saturated carbocycles. The number of ether oxygens (including phenoxy) is 1. The lowest BCUT2D eigenvalue weighted by Crippen LogP contribution is -2.19. The van der Waals surface area contributed by atoms with Gasteiger partial charge in [0.05, 0.1) is 12.2 Å². The van der Waals surface area contributed by atoms with Gasteiger partial charge in [0.25, 0.3) is 0 Å². The molecule has 2 heteroatoms. The van der Waals surface area contributed by atoms with Crippen molar-refractivity contribution >= 4 is 0 Å². The third kappa shape index (κ3) is 4.79. The van der Waals surface area contributed by atoms with Crippen LogP contribution >= 0.6 is 0 Å². The Morgan fingerprint density at radius 2 is 1.72 bits per heavy atom. The Morgan fingerprint density at radius 1 is 1.17 bits per heavy atom. The van der Waals surface area contributed by atoms with E-state index >= 15 is 0 Å². The molecule has 0 aliphatic heterocycles. The highest BCUT2D eigenvalue weighted by atomic mass is 16.5. The molecule has 0 aromatic heterocycles. The fourth-order valence-electron chi connectivity index (χ4n) is 1.98. The van der Waals surface area contributed by atoms with E-state index in [4.69, 9.17) is 4.74 Å². The lowest BCUT2D eigenvalue weighted by atomic mass is 9.86. The maximum absolute atomic E-state index is 9.95. The number of aliphatic hydroxyl groups is 1. The summed E-state index contributed by atoms with van der Waals surface area (Å²) in [5.74, 6) is 0. The van der Waals surface area contributed by atoms with E-state index in [1.54, 1.807) is 7.11 Å². The predicted molar refractivity (Wildman–Crippen MR) is 75.9 cm³/mol. The van der Waals surface area contributed by atoms with Crippen molar-refractivity contribution in [2.45, 2.75) is 58.2 Å². The third-order valence-electron chi connectivity index (χ3n) is 3.30. The lowest BCUT2D eigenvalue weighted by molar-refractivity contribution is 0.0565. The minimum Gasteiger partial charge on any atom is -0.393 e. The zero-order valence-electron chi connectivity index (χ0n) is 12.2. The van der Waals surface area contributed by atoms with E-state index in [1.807, 2.05) is 6.92 Å². The van der Waals surface area contributed by atoms with Crippen molar-refractivity contribution in [2.24, 2.45) is 0 Å². The fourth-order valence-corrected chi connectivity index (χ4v) is 1.98. The highest BCUT2D eigenvalue weighted by molar-refractivity contribution is 5.27. The number of hydrogen-bond acceptors (Lipinski definition) is 2. The number of rotatable bonds is 5. The summed E-state index contributed by atoms with van der Waals surface area (Å²) >= 11 is 0. The summed E-state index contributed by atoms with van der Waals surface area (Å²) in [7, 11) is 1.68. The number of aliphatic hydroxyl groups excluding tert-OH is 1. The van der Waals surface area contributed by atoms with E-state index < -0.39 is 0 Å². The minimum absolute atomic E-state index is 0.105. The molecule has 0 spiro atoms. The molecule has 0 radical (unpaired) electrons. The molecule has 1 rings (SSSR count). The average Bonchev–Trinajstić information content (AvgIpc) is 2.28. The van der Waals surface area contributed by atoms with E-state index in [0.29, 0.717) is 12.8 Å². The van der Waals surface area contributed by atoms with E-state index in [-0.39, 0.29) is 17.6 Å². The van der Waals surface area contributed by atoms with E-state index in [0.717, 1.165) is 0 Å². The van der Waals surface area contributed by atoms with Gasteiger partial charge in [-0.1, -0.05) is 45.0 Å². The molecule has 18 heavy (non-hydrogen) atoms. The van der Waals surface area contributed by atoms with Crippen LogP contribution in [0.5, 0.6) is 0 Å². The molecule has 2 nitrogen and oxygen atoms in total. The van der Waals surface area contributed by atoms with Gasteiger partial charge in [-0.2, -0.15) is 0 Å². The van der Waals surface area contributed by atoms with Gasteiger partial charge in [0.1, 0.15) is 0 Å². The first kappa shape index (κ1) is 15.2. The van der Waals surface area contributed by atoms with E-state index in [1.165, 1.54) is 11.1 Å². The summed E-state index contributed by atoms with van der Waals surface area (Å²) < 4.78 is 5.16. The van der Waals surface area contributed by atoms with Crippen LogP contribution in [0.3, 0.4) is 0 Å². The number of methoxy groups -OCH3 is 1. The second kappa shape index (κ2) is 6.35. The van der Waals surface area contributed by atoms with Gasteiger partial charge in [-0.3, -0.25) is 0 Å². The van der Waals surface area contributed by atoms with Crippen LogP contribution in [0.4, 0.5) is 0 Å². The molecular weight excluding hydrogens is 224 g/mol. The first-order chi connectivity index (χ1) is 8.32. The van der Waals surface area contributed by atoms with Crippen LogP contribution in [0, 0.1) is 0 Å². The van der Waals surface area contributed by atoms with Crippen molar-refractivity contribution in [3.8, 4) is 0 Å². The Bertz CT molecular complexity index is 348. The Hall–Kier alpha value is -0.860. The van der Waals surface area contributed by atoms with Crippen LogP contribution in [-0.2, 0) is 16.6 Å². The molecule has 0 bridgehead atoms. The van der Waals surface area contributed by atoms with Crippen LogP contribution in [0.2, 0.25) is 0 Å². The van der Waals surface area contributed by atoms with Gasteiger partial charge in [-0.25, -0.2) is 0 Å². The SMILES string of the molecule is COC(C)CC(O)Cc1ccc(C(C)(C)C)cc1. The molecule has 1 aromatic carbocycles. The molecule has 2 unspecified atom stereocenters. The standard InChI is InChI=1S/C16H26O2/c1-12(18-5)10-15(17)11-13-6-8-14(9-7-13)16(2,3)4/h6-9,12,15,17H,10-11H2,1-5H3. The van der Waals surface area contributed by atoms with Gasteiger partial charge < -0.3 is 9.84 Å². The minimum atomic E-state index is -0.333. The number of hydrogen-bond donors (Lipinski definition) is 1. The van der Waals surface area contributed by atoms with Crippen LogP contribution in [0.25, 0.3) is 0 Å². The highest BCUT2D eigenvalue weighted by Gasteiger charge is 2.14. The smallest absolute Gasteiger partial charge is 0.0605 e. The van der Waals surface area contributed by atoms with Gasteiger partial charge in [-0.05, 0) is 36.3 Å². The summed E-state index contributed by atoms with van der Waals surface area (Å²) in [4.78, 5) is 0. The Morgan fingerprint density at radius 3 is 2.17 bits per heavy atom. The molecule has 102 valence electrons. The van der Waals surface area contributed by atoms with Crippen molar-refractivity contribution in [2.75, 3.05) is 7.11 Å². The second-order valence-electron chi connectivity index (χ2n) is 6.09. The molecule has 0 amide bonds. The lowest BCUT2D eigenvalue weighted by Gasteiger charge is -2.20. The van der Waals surface area contributed by atoms with Crippen molar-refractivity contribution < 1.29 is 9.84 Å². The Kier molecular flexibility index (Phi) is 5.36. The third-order valence-corrected chi connectivity index (χ3v) is 3.30. The van der Waals surface area contributed by atoms with Crippen molar-refractivity contribution in [3.05, 3.63) is 35.4 Å². The predicted octanol–water partition coefficient (Wildman–Crippen LogP) is 3.31. The highest BCUT2D eigenvalue weighted by Crippen LogP contribution is 2.22. The second-order valence-corrected chi connectivity index (χ2v) is 6.09. The normalized spacial score (nSPS) is 15.4. The van der Waals surface area contributed by atoms with Crippen molar-refractivity contribution in [1.82, 2.24) is 0 Å².